The molecule has 0 aliphatic carbocycles. The number of amides is 1. The Kier molecular flexibility index (Phi) is 6.92. The fourth-order valence-corrected chi connectivity index (χ4v) is 3.73. The lowest BCUT2D eigenvalue weighted by Crippen LogP contribution is -2.28. The number of benzene rings is 3. The summed E-state index contributed by atoms with van der Waals surface area (Å²) >= 11 is 0. The van der Waals surface area contributed by atoms with Gasteiger partial charge in [0.1, 0.15) is 5.82 Å². The van der Waals surface area contributed by atoms with E-state index in [9.17, 15) is 9.18 Å². The van der Waals surface area contributed by atoms with Gasteiger partial charge in [0, 0.05) is 24.0 Å². The van der Waals surface area contributed by atoms with Crippen molar-refractivity contribution in [3.63, 3.8) is 0 Å². The van der Waals surface area contributed by atoms with Crippen LogP contribution in [0.1, 0.15) is 27.9 Å². The zero-order chi connectivity index (χ0) is 22.3. The maximum atomic E-state index is 13.2. The summed E-state index contributed by atoms with van der Waals surface area (Å²) in [7, 11) is 2.09. The highest BCUT2D eigenvalue weighted by Crippen LogP contribution is 2.17. The number of fused-ring (bicyclic) bond motifs is 1. The molecule has 1 N–H and O–H groups in total. The zero-order valence-electron chi connectivity index (χ0n) is 18.2. The minimum atomic E-state index is -0.260. The van der Waals surface area contributed by atoms with E-state index >= 15 is 0 Å². The number of hydrogen-bond acceptors (Lipinski definition) is 3. The van der Waals surface area contributed by atoms with Crippen LogP contribution in [0, 0.1) is 5.82 Å². The lowest BCUT2D eigenvalue weighted by atomic mass is 10.1. The Balaban J connectivity index is 1.31. The van der Waals surface area contributed by atoms with E-state index in [2.05, 4.69) is 34.5 Å². The van der Waals surface area contributed by atoms with Crippen LogP contribution in [0.4, 0.5) is 4.39 Å². The molecule has 0 aliphatic rings. The number of hydrogen-bond donors (Lipinski definition) is 1. The summed E-state index contributed by atoms with van der Waals surface area (Å²) in [5.74, 6) is -0.351. The van der Waals surface area contributed by atoms with E-state index < -0.39 is 0 Å². The third kappa shape index (κ3) is 5.59. The van der Waals surface area contributed by atoms with Gasteiger partial charge in [-0.3, -0.25) is 9.48 Å². The van der Waals surface area contributed by atoms with E-state index in [-0.39, 0.29) is 11.7 Å². The highest BCUT2D eigenvalue weighted by molar-refractivity contribution is 5.97. The SMILES string of the molecule is CN(CCCNC(=O)c1ccc2cnn(Cc3ccc(F)cc3)c2c1)Cc1ccccc1. The molecule has 5 nitrogen and oxygen atoms in total. The van der Waals surface area contributed by atoms with E-state index in [1.165, 1.54) is 17.7 Å². The average molecular weight is 431 g/mol. The second-order valence-electron chi connectivity index (χ2n) is 8.04. The molecule has 0 aliphatic heterocycles. The number of aromatic nitrogens is 2. The topological polar surface area (TPSA) is 50.2 Å². The average Bonchev–Trinajstić information content (AvgIpc) is 3.20. The monoisotopic (exact) mass is 430 g/mol. The number of nitrogens with zero attached hydrogens (tertiary/aromatic N) is 3. The summed E-state index contributed by atoms with van der Waals surface area (Å²) in [6, 6.07) is 22.3. The Bertz CT molecular complexity index is 1170. The number of halogens is 1. The minimum Gasteiger partial charge on any atom is -0.352 e. The maximum Gasteiger partial charge on any atom is 0.251 e. The normalized spacial score (nSPS) is 11.2. The summed E-state index contributed by atoms with van der Waals surface area (Å²) in [6.07, 6.45) is 2.66. The van der Waals surface area contributed by atoms with Crippen LogP contribution < -0.4 is 5.32 Å². The van der Waals surface area contributed by atoms with Gasteiger partial charge in [0.15, 0.2) is 0 Å². The van der Waals surface area contributed by atoms with Crippen molar-refractivity contribution in [1.29, 1.82) is 0 Å². The molecule has 6 heteroatoms. The quantitative estimate of drug-likeness (QED) is 0.399. The first-order valence-electron chi connectivity index (χ1n) is 10.8. The highest BCUT2D eigenvalue weighted by Gasteiger charge is 2.10. The van der Waals surface area contributed by atoms with E-state index in [0.717, 1.165) is 36.0 Å². The molecule has 0 unspecified atom stereocenters. The van der Waals surface area contributed by atoms with Crippen molar-refractivity contribution in [2.75, 3.05) is 20.1 Å². The van der Waals surface area contributed by atoms with Crippen molar-refractivity contribution in [3.8, 4) is 0 Å². The fraction of sp³-hybridized carbons (Fsp3) is 0.231. The van der Waals surface area contributed by atoms with Crippen molar-refractivity contribution in [3.05, 3.63) is 102 Å². The molecule has 164 valence electrons. The van der Waals surface area contributed by atoms with Crippen LogP contribution in [0.3, 0.4) is 0 Å². The predicted octanol–water partition coefficient (Wildman–Crippen LogP) is 4.48. The summed E-state index contributed by atoms with van der Waals surface area (Å²) in [4.78, 5) is 14.9. The predicted molar refractivity (Wildman–Crippen MR) is 125 cm³/mol. The summed E-state index contributed by atoms with van der Waals surface area (Å²) < 4.78 is 15.0. The Morgan fingerprint density at radius 2 is 1.81 bits per heavy atom. The molecule has 1 aromatic heterocycles. The van der Waals surface area contributed by atoms with Gasteiger partial charge in [0.25, 0.3) is 5.91 Å². The number of carbonyl (C=O) groups is 1. The molecule has 4 aromatic rings. The van der Waals surface area contributed by atoms with Gasteiger partial charge in [-0.1, -0.05) is 48.5 Å². The van der Waals surface area contributed by atoms with Crippen LogP contribution in [0.2, 0.25) is 0 Å². The van der Waals surface area contributed by atoms with Crippen molar-refractivity contribution in [2.24, 2.45) is 0 Å². The fourth-order valence-electron chi connectivity index (χ4n) is 3.73. The Hall–Kier alpha value is -3.51. The van der Waals surface area contributed by atoms with E-state index in [1.807, 2.05) is 41.1 Å². The molecule has 3 aromatic carbocycles. The van der Waals surface area contributed by atoms with Crippen molar-refractivity contribution in [1.82, 2.24) is 20.0 Å². The summed E-state index contributed by atoms with van der Waals surface area (Å²) in [5.41, 5.74) is 3.72. The second kappa shape index (κ2) is 10.2. The lowest BCUT2D eigenvalue weighted by molar-refractivity contribution is 0.0952. The van der Waals surface area contributed by atoms with Crippen LogP contribution in [-0.4, -0.2) is 40.7 Å². The minimum absolute atomic E-state index is 0.0906. The molecule has 0 bridgehead atoms. The molecule has 0 spiro atoms. The first kappa shape index (κ1) is 21.7. The first-order valence-corrected chi connectivity index (χ1v) is 10.8. The lowest BCUT2D eigenvalue weighted by Gasteiger charge is -2.16. The van der Waals surface area contributed by atoms with Gasteiger partial charge in [-0.25, -0.2) is 4.39 Å². The molecule has 1 heterocycles. The van der Waals surface area contributed by atoms with Crippen molar-refractivity contribution >= 4 is 16.8 Å². The van der Waals surface area contributed by atoms with Crippen LogP contribution in [0.25, 0.3) is 10.9 Å². The zero-order valence-corrected chi connectivity index (χ0v) is 18.2. The molecule has 32 heavy (non-hydrogen) atoms. The Labute approximate surface area is 187 Å². The van der Waals surface area contributed by atoms with E-state index in [0.29, 0.717) is 18.7 Å². The molecule has 0 fully saturated rings. The van der Waals surface area contributed by atoms with Gasteiger partial charge in [-0.15, -0.1) is 0 Å². The Morgan fingerprint density at radius 1 is 1.03 bits per heavy atom. The number of nitrogens with one attached hydrogen (secondary N) is 1. The third-order valence-electron chi connectivity index (χ3n) is 5.45. The van der Waals surface area contributed by atoms with Gasteiger partial charge in [-0.05, 0) is 55.4 Å². The van der Waals surface area contributed by atoms with Crippen LogP contribution >= 0.6 is 0 Å². The van der Waals surface area contributed by atoms with Crippen molar-refractivity contribution in [2.45, 2.75) is 19.5 Å². The second-order valence-corrected chi connectivity index (χ2v) is 8.04. The first-order chi connectivity index (χ1) is 15.6. The third-order valence-corrected chi connectivity index (χ3v) is 5.45. The number of rotatable bonds is 9. The molecular formula is C26H27FN4O. The Morgan fingerprint density at radius 3 is 2.59 bits per heavy atom. The smallest absolute Gasteiger partial charge is 0.251 e. The van der Waals surface area contributed by atoms with Crippen molar-refractivity contribution < 1.29 is 9.18 Å². The van der Waals surface area contributed by atoms with Gasteiger partial charge in [0.05, 0.1) is 18.3 Å². The van der Waals surface area contributed by atoms with Gasteiger partial charge < -0.3 is 10.2 Å². The number of carbonyl (C=O) groups excluding carboxylic acids is 1. The highest BCUT2D eigenvalue weighted by atomic mass is 19.1. The molecule has 1 amide bonds. The largest absolute Gasteiger partial charge is 0.352 e. The van der Waals surface area contributed by atoms with Crippen LogP contribution in [-0.2, 0) is 13.1 Å². The molecule has 0 radical (unpaired) electrons. The van der Waals surface area contributed by atoms with E-state index in [4.69, 9.17) is 0 Å². The summed E-state index contributed by atoms with van der Waals surface area (Å²) in [6.45, 7) is 2.93. The standard InChI is InChI=1S/C26H27FN4O/c1-30(18-20-6-3-2-4-7-20)15-5-14-28-26(32)22-10-11-23-17-29-31(25(23)16-22)19-21-8-12-24(27)13-9-21/h2-4,6-13,16-17H,5,14-15,18-19H2,1H3,(H,28,32). The molecule has 0 atom stereocenters. The molecule has 0 saturated carbocycles. The molecule has 4 rings (SSSR count). The molecular weight excluding hydrogens is 403 g/mol. The van der Waals surface area contributed by atoms with Gasteiger partial charge in [0.2, 0.25) is 0 Å². The summed E-state index contributed by atoms with van der Waals surface area (Å²) in [5, 5.41) is 8.41. The van der Waals surface area contributed by atoms with Crippen LogP contribution in [0.15, 0.2) is 79.0 Å². The van der Waals surface area contributed by atoms with Crippen LogP contribution in [0.5, 0.6) is 0 Å². The van der Waals surface area contributed by atoms with E-state index in [1.54, 1.807) is 18.3 Å². The van der Waals surface area contributed by atoms with Gasteiger partial charge >= 0.3 is 0 Å². The van der Waals surface area contributed by atoms with Gasteiger partial charge in [-0.2, -0.15) is 5.10 Å². The maximum absolute atomic E-state index is 13.2. The molecule has 0 saturated heterocycles.